The number of benzene rings is 1. The largest absolute Gasteiger partial charge is 0.393 e. The van der Waals surface area contributed by atoms with E-state index in [1.54, 1.807) is 13.8 Å². The summed E-state index contributed by atoms with van der Waals surface area (Å²) in [7, 11) is -3.69. The van der Waals surface area contributed by atoms with Crippen LogP contribution in [-0.4, -0.2) is 32.6 Å². The Hall–Kier alpha value is -1.61. The van der Waals surface area contributed by atoms with Gasteiger partial charge in [0.25, 0.3) is 5.91 Å². The second-order valence-electron chi connectivity index (χ2n) is 6.81. The predicted molar refractivity (Wildman–Crippen MR) is 91.2 cm³/mol. The van der Waals surface area contributed by atoms with Crippen molar-refractivity contribution in [1.29, 1.82) is 0 Å². The molecule has 0 radical (unpaired) electrons. The monoisotopic (exact) mass is 392 g/mol. The second-order valence-corrected chi connectivity index (χ2v) is 8.53. The van der Waals surface area contributed by atoms with Gasteiger partial charge >= 0.3 is 6.18 Å². The van der Waals surface area contributed by atoms with Gasteiger partial charge in [0.15, 0.2) is 0 Å². The highest BCUT2D eigenvalue weighted by Crippen LogP contribution is 2.37. The number of alkyl halides is 3. The zero-order chi connectivity index (χ0) is 19.5. The van der Waals surface area contributed by atoms with Gasteiger partial charge in [0, 0.05) is 17.6 Å². The lowest BCUT2D eigenvalue weighted by Crippen LogP contribution is -2.47. The van der Waals surface area contributed by atoms with Gasteiger partial charge in [-0.2, -0.15) is 13.2 Å². The summed E-state index contributed by atoms with van der Waals surface area (Å²) in [5, 5.41) is 2.46. The smallest absolute Gasteiger partial charge is 0.349 e. The van der Waals surface area contributed by atoms with Gasteiger partial charge in [-0.05, 0) is 51.0 Å². The average Bonchev–Trinajstić information content (AvgIpc) is 2.53. The number of carbonyl (C=O) groups excluding carboxylic acids is 1. The van der Waals surface area contributed by atoms with Crippen LogP contribution in [0.5, 0.6) is 0 Å². The van der Waals surface area contributed by atoms with Gasteiger partial charge < -0.3 is 5.32 Å². The Morgan fingerprint density at radius 1 is 1.12 bits per heavy atom. The minimum atomic E-state index is -4.35. The lowest BCUT2D eigenvalue weighted by Gasteiger charge is -2.33. The van der Waals surface area contributed by atoms with E-state index in [1.165, 1.54) is 24.3 Å². The van der Waals surface area contributed by atoms with E-state index in [4.69, 9.17) is 0 Å². The van der Waals surface area contributed by atoms with Gasteiger partial charge in [-0.15, -0.1) is 0 Å². The van der Waals surface area contributed by atoms with Crippen LogP contribution in [0.2, 0.25) is 0 Å². The fourth-order valence-electron chi connectivity index (χ4n) is 3.11. The molecule has 1 aliphatic carbocycles. The van der Waals surface area contributed by atoms with Crippen molar-refractivity contribution in [2.75, 3.05) is 0 Å². The van der Waals surface area contributed by atoms with Crippen molar-refractivity contribution < 1.29 is 26.4 Å². The Labute approximate surface area is 151 Å². The van der Waals surface area contributed by atoms with E-state index in [0.717, 1.165) is 0 Å². The van der Waals surface area contributed by atoms with E-state index in [-0.39, 0.29) is 29.3 Å². The maximum absolute atomic E-state index is 13.1. The Morgan fingerprint density at radius 3 is 2.23 bits per heavy atom. The van der Waals surface area contributed by atoms with Crippen molar-refractivity contribution in [2.24, 2.45) is 5.92 Å². The average molecular weight is 392 g/mol. The Kier molecular flexibility index (Phi) is 6.33. The summed E-state index contributed by atoms with van der Waals surface area (Å²) in [6, 6.07) is 3.89. The van der Waals surface area contributed by atoms with Crippen LogP contribution in [0.3, 0.4) is 0 Å². The minimum absolute atomic E-state index is 0.00594. The number of amides is 1. The summed E-state index contributed by atoms with van der Waals surface area (Å²) in [4.78, 5) is 12.3. The Balaban J connectivity index is 2.10. The molecule has 1 fully saturated rings. The summed E-state index contributed by atoms with van der Waals surface area (Å²) in [5.41, 5.74) is 0.125. The van der Waals surface area contributed by atoms with Crippen LogP contribution in [0, 0.1) is 5.92 Å². The fraction of sp³-hybridized carbons (Fsp3) is 0.588. The van der Waals surface area contributed by atoms with Gasteiger partial charge in [0.2, 0.25) is 10.0 Å². The molecule has 5 nitrogen and oxygen atoms in total. The third kappa shape index (κ3) is 5.20. The molecule has 1 aromatic rings. The summed E-state index contributed by atoms with van der Waals surface area (Å²) in [6.07, 6.45) is -2.94. The lowest BCUT2D eigenvalue weighted by atomic mass is 9.84. The van der Waals surface area contributed by atoms with Crippen molar-refractivity contribution in [3.63, 3.8) is 0 Å². The number of sulfonamides is 1. The SMILES string of the molecule is CC(C)NS(=O)(=O)c1ccc(C(=O)N[C@@H]2CCCC[C@H]2C(F)(F)F)cc1. The molecule has 146 valence electrons. The standard InChI is InChI=1S/C17H23F3N2O3S/c1-11(2)22-26(24,25)13-9-7-12(8-10-13)16(23)21-15-6-4-3-5-14(15)17(18,19)20/h7-11,14-15,22H,3-6H2,1-2H3,(H,21,23)/t14-,15-/m1/s1. The summed E-state index contributed by atoms with van der Waals surface area (Å²) < 4.78 is 65.9. The molecule has 9 heteroatoms. The second kappa shape index (κ2) is 7.96. The van der Waals surface area contributed by atoms with Crippen molar-refractivity contribution in [3.05, 3.63) is 29.8 Å². The van der Waals surface area contributed by atoms with E-state index in [0.29, 0.717) is 12.8 Å². The molecule has 1 amide bonds. The van der Waals surface area contributed by atoms with Gasteiger partial charge in [-0.25, -0.2) is 13.1 Å². The van der Waals surface area contributed by atoms with E-state index < -0.39 is 34.1 Å². The quantitative estimate of drug-likeness (QED) is 0.808. The zero-order valence-electron chi connectivity index (χ0n) is 14.6. The first-order chi connectivity index (χ1) is 12.0. The highest BCUT2D eigenvalue weighted by atomic mass is 32.2. The molecule has 0 aromatic heterocycles. The number of hydrogen-bond acceptors (Lipinski definition) is 3. The molecular formula is C17H23F3N2O3S. The van der Waals surface area contributed by atoms with Crippen molar-refractivity contribution >= 4 is 15.9 Å². The number of halogens is 3. The molecule has 0 saturated heterocycles. The van der Waals surface area contributed by atoms with Crippen LogP contribution in [0.15, 0.2) is 29.2 Å². The first-order valence-corrected chi connectivity index (χ1v) is 9.99. The maximum Gasteiger partial charge on any atom is 0.393 e. The fourth-order valence-corrected chi connectivity index (χ4v) is 4.36. The molecule has 1 aromatic carbocycles. The topological polar surface area (TPSA) is 75.3 Å². The van der Waals surface area contributed by atoms with E-state index >= 15 is 0 Å². The molecule has 0 unspecified atom stereocenters. The molecule has 2 N–H and O–H groups in total. The normalized spacial score (nSPS) is 21.6. The summed E-state index contributed by atoms with van der Waals surface area (Å²) in [5.74, 6) is -2.18. The minimum Gasteiger partial charge on any atom is -0.349 e. The summed E-state index contributed by atoms with van der Waals surface area (Å²) >= 11 is 0. The number of carbonyl (C=O) groups is 1. The van der Waals surface area contributed by atoms with Crippen molar-refractivity contribution in [2.45, 2.75) is 62.7 Å². The first-order valence-electron chi connectivity index (χ1n) is 8.50. The number of rotatable bonds is 5. The molecule has 26 heavy (non-hydrogen) atoms. The highest BCUT2D eigenvalue weighted by molar-refractivity contribution is 7.89. The van der Waals surface area contributed by atoms with Crippen molar-refractivity contribution in [1.82, 2.24) is 10.0 Å². The molecule has 1 aliphatic rings. The molecule has 0 aliphatic heterocycles. The van der Waals surface area contributed by atoms with Crippen LogP contribution in [0.25, 0.3) is 0 Å². The maximum atomic E-state index is 13.1. The molecular weight excluding hydrogens is 369 g/mol. The van der Waals surface area contributed by atoms with E-state index in [9.17, 15) is 26.4 Å². The Morgan fingerprint density at radius 2 is 1.69 bits per heavy atom. The van der Waals surface area contributed by atoms with Gasteiger partial charge in [0.1, 0.15) is 0 Å². The van der Waals surface area contributed by atoms with Crippen LogP contribution < -0.4 is 10.0 Å². The van der Waals surface area contributed by atoms with Gasteiger partial charge in [-0.1, -0.05) is 12.8 Å². The van der Waals surface area contributed by atoms with Gasteiger partial charge in [-0.3, -0.25) is 4.79 Å². The third-order valence-corrected chi connectivity index (χ3v) is 6.00. The molecule has 1 saturated carbocycles. The molecule has 0 spiro atoms. The van der Waals surface area contributed by atoms with Crippen LogP contribution in [0.4, 0.5) is 13.2 Å². The molecule has 0 heterocycles. The van der Waals surface area contributed by atoms with Crippen LogP contribution in [0.1, 0.15) is 49.9 Å². The van der Waals surface area contributed by atoms with E-state index in [1.807, 2.05) is 0 Å². The molecule has 0 bridgehead atoms. The molecule has 2 atom stereocenters. The number of hydrogen-bond donors (Lipinski definition) is 2. The third-order valence-electron chi connectivity index (χ3n) is 4.32. The van der Waals surface area contributed by atoms with Crippen LogP contribution >= 0.6 is 0 Å². The number of nitrogens with one attached hydrogen (secondary N) is 2. The van der Waals surface area contributed by atoms with Gasteiger partial charge in [0.05, 0.1) is 10.8 Å². The van der Waals surface area contributed by atoms with E-state index in [2.05, 4.69) is 10.0 Å². The summed E-state index contributed by atoms with van der Waals surface area (Å²) in [6.45, 7) is 3.36. The lowest BCUT2D eigenvalue weighted by molar-refractivity contribution is -0.187. The predicted octanol–water partition coefficient (Wildman–Crippen LogP) is 3.22. The zero-order valence-corrected chi connectivity index (χ0v) is 15.5. The highest BCUT2D eigenvalue weighted by Gasteiger charge is 2.46. The van der Waals surface area contributed by atoms with Crippen molar-refractivity contribution in [3.8, 4) is 0 Å². The first kappa shape index (κ1) is 20.7. The Bertz CT molecular complexity index is 731. The van der Waals surface area contributed by atoms with Crippen LogP contribution in [-0.2, 0) is 10.0 Å². The molecule has 2 rings (SSSR count).